The third-order valence-electron chi connectivity index (χ3n) is 3.66. The zero-order valence-electron chi connectivity index (χ0n) is 12.8. The van der Waals surface area contributed by atoms with E-state index in [0.717, 1.165) is 0 Å². The number of rotatable bonds is 3. The van der Waals surface area contributed by atoms with Crippen molar-refractivity contribution in [1.29, 1.82) is 0 Å². The fourth-order valence-corrected chi connectivity index (χ4v) is 2.48. The second kappa shape index (κ2) is 6.66. The van der Waals surface area contributed by atoms with Gasteiger partial charge in [0, 0.05) is 24.3 Å². The van der Waals surface area contributed by atoms with Crippen LogP contribution in [0, 0.1) is 0 Å². The number of morpholine rings is 1. The van der Waals surface area contributed by atoms with Crippen molar-refractivity contribution in [3.8, 4) is 0 Å². The van der Waals surface area contributed by atoms with E-state index in [1.807, 2.05) is 6.92 Å². The largest absolute Gasteiger partial charge is 0.459 e. The van der Waals surface area contributed by atoms with Crippen molar-refractivity contribution in [3.05, 3.63) is 54.0 Å². The van der Waals surface area contributed by atoms with Gasteiger partial charge in [-0.05, 0) is 43.3 Å². The van der Waals surface area contributed by atoms with Gasteiger partial charge in [-0.2, -0.15) is 0 Å². The molecule has 1 saturated heterocycles. The van der Waals surface area contributed by atoms with Crippen LogP contribution in [-0.4, -0.2) is 42.5 Å². The van der Waals surface area contributed by atoms with Crippen LogP contribution in [0.3, 0.4) is 0 Å². The number of hydrogen-bond acceptors (Lipinski definition) is 4. The van der Waals surface area contributed by atoms with Crippen LogP contribution in [0.1, 0.15) is 27.8 Å². The first-order valence-corrected chi connectivity index (χ1v) is 7.49. The lowest BCUT2D eigenvalue weighted by Crippen LogP contribution is -2.44. The maximum absolute atomic E-state index is 12.4. The van der Waals surface area contributed by atoms with Crippen LogP contribution in [-0.2, 0) is 4.74 Å². The molecule has 120 valence electrons. The molecule has 2 aromatic rings. The first-order chi connectivity index (χ1) is 11.1. The van der Waals surface area contributed by atoms with Crippen LogP contribution in [0.4, 0.5) is 5.69 Å². The predicted octanol–water partition coefficient (Wildman–Crippen LogP) is 2.39. The summed E-state index contributed by atoms with van der Waals surface area (Å²) < 4.78 is 10.5. The smallest absolute Gasteiger partial charge is 0.291 e. The molecule has 23 heavy (non-hydrogen) atoms. The number of nitrogens with zero attached hydrogens (tertiary/aromatic N) is 1. The number of benzene rings is 1. The molecule has 2 heterocycles. The Labute approximate surface area is 134 Å². The monoisotopic (exact) mass is 314 g/mol. The minimum Gasteiger partial charge on any atom is -0.459 e. The Kier molecular flexibility index (Phi) is 4.43. The fourth-order valence-electron chi connectivity index (χ4n) is 2.48. The highest BCUT2D eigenvalue weighted by Gasteiger charge is 2.22. The summed E-state index contributed by atoms with van der Waals surface area (Å²) >= 11 is 0. The molecule has 1 aromatic carbocycles. The number of amides is 2. The lowest BCUT2D eigenvalue weighted by atomic mass is 10.1. The first-order valence-electron chi connectivity index (χ1n) is 7.49. The van der Waals surface area contributed by atoms with Gasteiger partial charge in [0.05, 0.1) is 19.0 Å². The third kappa shape index (κ3) is 3.60. The molecule has 1 aliphatic heterocycles. The van der Waals surface area contributed by atoms with Crippen LogP contribution < -0.4 is 5.32 Å². The van der Waals surface area contributed by atoms with E-state index in [4.69, 9.17) is 9.15 Å². The minimum absolute atomic E-state index is 0.0240. The van der Waals surface area contributed by atoms with Crippen molar-refractivity contribution in [2.45, 2.75) is 13.0 Å². The molecule has 1 aromatic heterocycles. The SMILES string of the molecule is C[C@@H]1CN(C(=O)c2ccc(NC(=O)c3ccco3)cc2)CCO1. The highest BCUT2D eigenvalue weighted by atomic mass is 16.5. The van der Waals surface area contributed by atoms with Gasteiger partial charge in [-0.15, -0.1) is 0 Å². The van der Waals surface area contributed by atoms with E-state index in [1.54, 1.807) is 41.3 Å². The summed E-state index contributed by atoms with van der Waals surface area (Å²) in [5.41, 5.74) is 1.20. The summed E-state index contributed by atoms with van der Waals surface area (Å²) in [5, 5.41) is 2.72. The summed E-state index contributed by atoms with van der Waals surface area (Å²) in [7, 11) is 0. The Bertz CT molecular complexity index is 679. The van der Waals surface area contributed by atoms with Crippen molar-refractivity contribution in [1.82, 2.24) is 4.90 Å². The summed E-state index contributed by atoms with van der Waals surface area (Å²) in [4.78, 5) is 26.1. The van der Waals surface area contributed by atoms with E-state index in [9.17, 15) is 9.59 Å². The molecule has 1 fully saturated rings. The highest BCUT2D eigenvalue weighted by molar-refractivity contribution is 6.02. The van der Waals surface area contributed by atoms with Crippen LogP contribution in [0.5, 0.6) is 0 Å². The Balaban J connectivity index is 1.64. The molecule has 0 unspecified atom stereocenters. The predicted molar refractivity (Wildman–Crippen MR) is 84.4 cm³/mol. The molecule has 1 atom stereocenters. The second-order valence-corrected chi connectivity index (χ2v) is 5.44. The number of nitrogens with one attached hydrogen (secondary N) is 1. The number of carbonyl (C=O) groups is 2. The molecule has 6 nitrogen and oxygen atoms in total. The zero-order chi connectivity index (χ0) is 16.2. The van der Waals surface area contributed by atoms with Crippen LogP contribution in [0.2, 0.25) is 0 Å². The lowest BCUT2D eigenvalue weighted by molar-refractivity contribution is -0.0124. The van der Waals surface area contributed by atoms with Gasteiger partial charge in [0.15, 0.2) is 5.76 Å². The normalized spacial score (nSPS) is 17.8. The Hall–Kier alpha value is -2.60. The van der Waals surface area contributed by atoms with Gasteiger partial charge in [-0.1, -0.05) is 0 Å². The molecule has 0 spiro atoms. The first kappa shape index (κ1) is 15.3. The third-order valence-corrected chi connectivity index (χ3v) is 3.66. The number of furan rings is 1. The molecule has 0 radical (unpaired) electrons. The molecule has 0 bridgehead atoms. The standard InChI is InChI=1S/C17H18N2O4/c1-12-11-19(8-10-22-12)17(21)13-4-6-14(7-5-13)18-16(20)15-3-2-9-23-15/h2-7,9,12H,8,10-11H2,1H3,(H,18,20)/t12-/m1/s1. The zero-order valence-corrected chi connectivity index (χ0v) is 12.8. The van der Waals surface area contributed by atoms with Gasteiger partial charge in [0.2, 0.25) is 0 Å². The van der Waals surface area contributed by atoms with Crippen molar-refractivity contribution in [3.63, 3.8) is 0 Å². The van der Waals surface area contributed by atoms with E-state index in [1.165, 1.54) is 6.26 Å². The van der Waals surface area contributed by atoms with E-state index in [0.29, 0.717) is 30.9 Å². The molecule has 0 saturated carbocycles. The average molecular weight is 314 g/mol. The van der Waals surface area contributed by atoms with E-state index in [-0.39, 0.29) is 23.7 Å². The van der Waals surface area contributed by atoms with Gasteiger partial charge >= 0.3 is 0 Å². The van der Waals surface area contributed by atoms with Gasteiger partial charge in [-0.25, -0.2) is 0 Å². The molecular weight excluding hydrogens is 296 g/mol. The van der Waals surface area contributed by atoms with Gasteiger partial charge in [-0.3, -0.25) is 9.59 Å². The fraction of sp³-hybridized carbons (Fsp3) is 0.294. The maximum atomic E-state index is 12.4. The quantitative estimate of drug-likeness (QED) is 0.944. The van der Waals surface area contributed by atoms with Gasteiger partial charge in [0.25, 0.3) is 11.8 Å². The molecule has 6 heteroatoms. The Morgan fingerprint density at radius 3 is 2.65 bits per heavy atom. The van der Waals surface area contributed by atoms with Crippen molar-refractivity contribution < 1.29 is 18.7 Å². The Morgan fingerprint density at radius 2 is 2.00 bits per heavy atom. The van der Waals surface area contributed by atoms with E-state index < -0.39 is 0 Å². The summed E-state index contributed by atoms with van der Waals surface area (Å²) in [5.74, 6) is -0.104. The van der Waals surface area contributed by atoms with Gasteiger partial charge < -0.3 is 19.4 Å². The maximum Gasteiger partial charge on any atom is 0.291 e. The van der Waals surface area contributed by atoms with Crippen LogP contribution >= 0.6 is 0 Å². The van der Waals surface area contributed by atoms with E-state index >= 15 is 0 Å². The molecule has 2 amide bonds. The molecule has 1 aliphatic rings. The summed E-state index contributed by atoms with van der Waals surface area (Å²) in [6, 6.07) is 10.1. The highest BCUT2D eigenvalue weighted by Crippen LogP contribution is 2.15. The minimum atomic E-state index is -0.323. The number of hydrogen-bond donors (Lipinski definition) is 1. The average Bonchev–Trinajstić information content (AvgIpc) is 3.09. The van der Waals surface area contributed by atoms with Crippen LogP contribution in [0.25, 0.3) is 0 Å². The van der Waals surface area contributed by atoms with E-state index in [2.05, 4.69) is 5.32 Å². The second-order valence-electron chi connectivity index (χ2n) is 5.44. The molecule has 1 N–H and O–H groups in total. The molecule has 0 aliphatic carbocycles. The van der Waals surface area contributed by atoms with Gasteiger partial charge in [0.1, 0.15) is 0 Å². The number of anilines is 1. The number of ether oxygens (including phenoxy) is 1. The summed E-state index contributed by atoms with van der Waals surface area (Å²) in [6.45, 7) is 3.70. The molecule has 3 rings (SSSR count). The summed E-state index contributed by atoms with van der Waals surface area (Å²) in [6.07, 6.45) is 1.50. The van der Waals surface area contributed by atoms with Crippen molar-refractivity contribution >= 4 is 17.5 Å². The Morgan fingerprint density at radius 1 is 1.22 bits per heavy atom. The number of carbonyl (C=O) groups excluding carboxylic acids is 2. The van der Waals surface area contributed by atoms with Crippen molar-refractivity contribution in [2.75, 3.05) is 25.0 Å². The molecular formula is C17H18N2O4. The van der Waals surface area contributed by atoms with Crippen LogP contribution in [0.15, 0.2) is 47.1 Å². The topological polar surface area (TPSA) is 71.8 Å². The lowest BCUT2D eigenvalue weighted by Gasteiger charge is -2.31. The van der Waals surface area contributed by atoms with Crippen molar-refractivity contribution in [2.24, 2.45) is 0 Å².